The number of hydrogen-bond acceptors (Lipinski definition) is 6. The lowest BCUT2D eigenvalue weighted by Crippen LogP contribution is -2.44. The van der Waals surface area contributed by atoms with E-state index in [1.807, 2.05) is 36.7 Å². The van der Waals surface area contributed by atoms with Crippen molar-refractivity contribution >= 4 is 38.3 Å². The Labute approximate surface area is 197 Å². The summed E-state index contributed by atoms with van der Waals surface area (Å²) in [4.78, 5) is 12.5. The summed E-state index contributed by atoms with van der Waals surface area (Å²) < 4.78 is 29.1. The summed E-state index contributed by atoms with van der Waals surface area (Å²) in [5.74, 6) is 0. The van der Waals surface area contributed by atoms with E-state index in [9.17, 15) is 8.42 Å². The highest BCUT2D eigenvalue weighted by Crippen LogP contribution is 2.36. The molecule has 33 heavy (non-hydrogen) atoms. The molecule has 4 aromatic rings. The molecule has 0 radical (unpaired) electrons. The molecule has 0 saturated carbocycles. The number of anilines is 1. The summed E-state index contributed by atoms with van der Waals surface area (Å²) in [6.07, 6.45) is 9.85. The van der Waals surface area contributed by atoms with Gasteiger partial charge in [0.1, 0.15) is 0 Å². The van der Waals surface area contributed by atoms with Crippen molar-refractivity contribution in [1.29, 1.82) is 0 Å². The summed E-state index contributed by atoms with van der Waals surface area (Å²) >= 11 is 6.91. The maximum absolute atomic E-state index is 12.9. The van der Waals surface area contributed by atoms with Crippen LogP contribution in [0.2, 0.25) is 0 Å². The van der Waals surface area contributed by atoms with Crippen molar-refractivity contribution in [2.24, 2.45) is 0 Å². The molecule has 4 heterocycles. The predicted molar refractivity (Wildman–Crippen MR) is 129 cm³/mol. The number of hydrogen-bond donors (Lipinski definition) is 0. The van der Waals surface area contributed by atoms with Gasteiger partial charge in [0.05, 0.1) is 5.69 Å². The van der Waals surface area contributed by atoms with E-state index in [0.717, 1.165) is 27.6 Å². The van der Waals surface area contributed by atoms with E-state index in [-0.39, 0.29) is 11.1 Å². The second-order valence-corrected chi connectivity index (χ2v) is 10.2. The van der Waals surface area contributed by atoms with Crippen LogP contribution in [0.15, 0.2) is 84.5 Å². The van der Waals surface area contributed by atoms with E-state index in [1.165, 1.54) is 16.6 Å². The fraction of sp³-hybridized carbons (Fsp3) is 0.208. The fourth-order valence-electron chi connectivity index (χ4n) is 4.19. The lowest BCUT2D eigenvalue weighted by Gasteiger charge is -2.35. The minimum atomic E-state index is -3.61. The standard InChI is InChI=1S/C24H22ClN5O2S/c25-30(21-7-12-29(13-8-21)33(31,32)24-5-1-2-10-28-24)23-15-20(19-4-3-9-26-16-19)14-18-6-11-27-17-22(18)23/h1-6,9-11,14-17,21H,7-8,12-13H2. The van der Waals surface area contributed by atoms with E-state index in [1.54, 1.807) is 28.9 Å². The van der Waals surface area contributed by atoms with Crippen LogP contribution in [0.1, 0.15) is 12.8 Å². The van der Waals surface area contributed by atoms with Crippen LogP contribution in [0.5, 0.6) is 0 Å². The third-order valence-corrected chi connectivity index (χ3v) is 8.22. The highest BCUT2D eigenvalue weighted by molar-refractivity contribution is 7.89. The minimum Gasteiger partial charge on any atom is -0.281 e. The molecular formula is C24H22ClN5O2S. The van der Waals surface area contributed by atoms with Gasteiger partial charge in [-0.1, -0.05) is 12.1 Å². The molecule has 1 saturated heterocycles. The maximum atomic E-state index is 12.9. The molecule has 0 atom stereocenters. The number of aromatic nitrogens is 3. The van der Waals surface area contributed by atoms with Crippen LogP contribution in [0, 0.1) is 0 Å². The first-order valence-electron chi connectivity index (χ1n) is 10.7. The minimum absolute atomic E-state index is 0.0191. The van der Waals surface area contributed by atoms with Gasteiger partial charge < -0.3 is 0 Å². The Balaban J connectivity index is 1.41. The SMILES string of the molecule is O=S(=O)(c1ccccn1)N1CCC(N(Cl)c2cc(-c3cccnc3)cc3ccncc23)CC1. The van der Waals surface area contributed by atoms with Crippen molar-refractivity contribution < 1.29 is 8.42 Å². The maximum Gasteiger partial charge on any atom is 0.260 e. The lowest BCUT2D eigenvalue weighted by atomic mass is 10.00. The number of rotatable bonds is 5. The lowest BCUT2D eigenvalue weighted by molar-refractivity contribution is 0.321. The number of piperidine rings is 1. The highest BCUT2D eigenvalue weighted by atomic mass is 35.5. The van der Waals surface area contributed by atoms with Crippen molar-refractivity contribution in [3.63, 3.8) is 0 Å². The summed E-state index contributed by atoms with van der Waals surface area (Å²) in [6.45, 7) is 0.760. The van der Waals surface area contributed by atoms with Crippen LogP contribution < -0.4 is 4.42 Å². The molecule has 7 nitrogen and oxygen atoms in total. The molecule has 3 aromatic heterocycles. The first-order valence-corrected chi connectivity index (χ1v) is 12.5. The van der Waals surface area contributed by atoms with Crippen LogP contribution in [0.25, 0.3) is 21.9 Å². The van der Waals surface area contributed by atoms with Crippen molar-refractivity contribution in [1.82, 2.24) is 19.3 Å². The van der Waals surface area contributed by atoms with Gasteiger partial charge in [0, 0.05) is 72.8 Å². The zero-order valence-corrected chi connectivity index (χ0v) is 19.3. The Bertz CT molecular complexity index is 1360. The highest BCUT2D eigenvalue weighted by Gasteiger charge is 2.32. The molecule has 0 N–H and O–H groups in total. The second-order valence-electron chi connectivity index (χ2n) is 7.95. The molecule has 168 valence electrons. The van der Waals surface area contributed by atoms with Crippen molar-refractivity contribution in [2.75, 3.05) is 17.5 Å². The average Bonchev–Trinajstić information content (AvgIpc) is 2.88. The van der Waals surface area contributed by atoms with Crippen molar-refractivity contribution in [2.45, 2.75) is 23.9 Å². The molecule has 1 fully saturated rings. The molecule has 5 rings (SSSR count). The van der Waals surface area contributed by atoms with Crippen LogP contribution in [-0.2, 0) is 10.0 Å². The smallest absolute Gasteiger partial charge is 0.260 e. The normalized spacial score (nSPS) is 15.5. The Hall–Kier alpha value is -3.07. The van der Waals surface area contributed by atoms with E-state index < -0.39 is 10.0 Å². The van der Waals surface area contributed by atoms with Gasteiger partial charge in [0.15, 0.2) is 5.03 Å². The van der Waals surface area contributed by atoms with Gasteiger partial charge in [-0.05, 0) is 60.2 Å². The number of nitrogens with zero attached hydrogens (tertiary/aromatic N) is 5. The third kappa shape index (κ3) is 4.29. The quantitative estimate of drug-likeness (QED) is 0.392. The second kappa shape index (κ2) is 9.05. The first kappa shape index (κ1) is 21.8. The summed E-state index contributed by atoms with van der Waals surface area (Å²) in [7, 11) is -3.61. The third-order valence-electron chi connectivity index (χ3n) is 5.94. The zero-order valence-electron chi connectivity index (χ0n) is 17.8. The zero-order chi connectivity index (χ0) is 22.8. The molecule has 0 unspecified atom stereocenters. The van der Waals surface area contributed by atoms with Gasteiger partial charge in [0.2, 0.25) is 0 Å². The predicted octanol–water partition coefficient (Wildman–Crippen LogP) is 4.51. The summed E-state index contributed by atoms with van der Waals surface area (Å²) in [5, 5.41) is 2.05. The summed E-state index contributed by atoms with van der Waals surface area (Å²) in [6, 6.07) is 14.9. The van der Waals surface area contributed by atoms with Gasteiger partial charge in [-0.15, -0.1) is 0 Å². The summed E-state index contributed by atoms with van der Waals surface area (Å²) in [5.41, 5.74) is 2.86. The van der Waals surface area contributed by atoms with Gasteiger partial charge in [-0.2, -0.15) is 4.31 Å². The van der Waals surface area contributed by atoms with E-state index >= 15 is 0 Å². The van der Waals surface area contributed by atoms with Crippen molar-refractivity contribution in [3.05, 3.63) is 79.5 Å². The van der Waals surface area contributed by atoms with Gasteiger partial charge in [-0.25, -0.2) is 13.4 Å². The van der Waals surface area contributed by atoms with E-state index in [2.05, 4.69) is 21.0 Å². The number of sulfonamides is 1. The first-order chi connectivity index (χ1) is 16.0. The molecule has 1 aromatic carbocycles. The largest absolute Gasteiger partial charge is 0.281 e. The molecule has 9 heteroatoms. The Morgan fingerprint density at radius 3 is 2.45 bits per heavy atom. The topological polar surface area (TPSA) is 79.3 Å². The molecule has 1 aliphatic heterocycles. The Kier molecular flexibility index (Phi) is 5.97. The average molecular weight is 480 g/mol. The van der Waals surface area contributed by atoms with Crippen LogP contribution >= 0.6 is 11.8 Å². The Morgan fingerprint density at radius 2 is 1.73 bits per heavy atom. The molecule has 0 spiro atoms. The molecule has 1 aliphatic rings. The number of halogens is 1. The number of fused-ring (bicyclic) bond motifs is 1. The van der Waals surface area contributed by atoms with Crippen molar-refractivity contribution in [3.8, 4) is 11.1 Å². The van der Waals surface area contributed by atoms with Gasteiger partial charge in [-0.3, -0.25) is 14.4 Å². The monoisotopic (exact) mass is 479 g/mol. The van der Waals surface area contributed by atoms with E-state index in [4.69, 9.17) is 11.8 Å². The molecular weight excluding hydrogens is 458 g/mol. The fourth-order valence-corrected chi connectivity index (χ4v) is 5.93. The van der Waals surface area contributed by atoms with Gasteiger partial charge >= 0.3 is 0 Å². The van der Waals surface area contributed by atoms with Crippen LogP contribution in [0.3, 0.4) is 0 Å². The molecule has 0 aliphatic carbocycles. The van der Waals surface area contributed by atoms with Crippen LogP contribution in [-0.4, -0.2) is 46.8 Å². The van der Waals surface area contributed by atoms with Gasteiger partial charge in [0.25, 0.3) is 10.0 Å². The van der Waals surface area contributed by atoms with E-state index in [0.29, 0.717) is 25.9 Å². The molecule has 0 bridgehead atoms. The Morgan fingerprint density at radius 1 is 0.909 bits per heavy atom. The number of pyridine rings is 3. The molecule has 0 amide bonds. The van der Waals surface area contributed by atoms with Crippen LogP contribution in [0.4, 0.5) is 5.69 Å². The number of benzene rings is 1.